The normalized spacial score (nSPS) is 16.0. The summed E-state index contributed by atoms with van der Waals surface area (Å²) in [6, 6.07) is 20.2. The molecule has 0 bridgehead atoms. The van der Waals surface area contributed by atoms with Gasteiger partial charge in [-0.25, -0.2) is 13.2 Å². The first-order valence-corrected chi connectivity index (χ1v) is 12.8. The number of rotatable bonds is 7. The number of carboxylic acids is 1. The first-order valence-electron chi connectivity index (χ1n) is 11.4. The topological polar surface area (TPSA) is 83.9 Å². The van der Waals surface area contributed by atoms with Crippen molar-refractivity contribution in [3.05, 3.63) is 83.4 Å². The monoisotopic (exact) mass is 479 g/mol. The number of ether oxygens (including phenoxy) is 1. The lowest BCUT2D eigenvalue weighted by molar-refractivity contribution is -0.139. The molecule has 178 valence electrons. The maximum Gasteiger partial charge on any atom is 0.341 e. The Kier molecular flexibility index (Phi) is 7.05. The van der Waals surface area contributed by atoms with E-state index >= 15 is 0 Å². The number of aryl methyl sites for hydroxylation is 1. The lowest BCUT2D eigenvalue weighted by Crippen LogP contribution is -2.31. The zero-order valence-electron chi connectivity index (χ0n) is 19.4. The van der Waals surface area contributed by atoms with Crippen LogP contribution in [0.2, 0.25) is 0 Å². The molecule has 7 heteroatoms. The Labute approximate surface area is 200 Å². The summed E-state index contributed by atoms with van der Waals surface area (Å²) < 4.78 is 34.4. The molecule has 1 aliphatic rings. The van der Waals surface area contributed by atoms with Gasteiger partial charge in [-0.1, -0.05) is 60.5 Å². The molecule has 1 atom stereocenters. The summed E-state index contributed by atoms with van der Waals surface area (Å²) in [6.45, 7) is 1.59. The van der Waals surface area contributed by atoms with Gasteiger partial charge in [0.05, 0.1) is 10.9 Å². The molecule has 0 aromatic heterocycles. The molecule has 1 N–H and O–H groups in total. The van der Waals surface area contributed by atoms with Crippen LogP contribution in [-0.2, 0) is 21.2 Å². The minimum Gasteiger partial charge on any atom is -0.482 e. The van der Waals surface area contributed by atoms with Crippen LogP contribution >= 0.6 is 0 Å². The molecule has 0 radical (unpaired) electrons. The van der Waals surface area contributed by atoms with Crippen molar-refractivity contribution in [2.75, 3.05) is 13.7 Å². The summed E-state index contributed by atoms with van der Waals surface area (Å²) >= 11 is 0. The summed E-state index contributed by atoms with van der Waals surface area (Å²) in [6.07, 6.45) is 3.15. The lowest BCUT2D eigenvalue weighted by Gasteiger charge is -2.29. The molecule has 0 saturated heterocycles. The average molecular weight is 480 g/mol. The van der Waals surface area contributed by atoms with Crippen LogP contribution in [-0.4, -0.2) is 37.5 Å². The Balaban J connectivity index is 1.68. The third-order valence-corrected chi connectivity index (χ3v) is 8.23. The number of carboxylic acid groups (broad SMARTS) is 1. The van der Waals surface area contributed by atoms with Crippen LogP contribution < -0.4 is 4.74 Å². The second-order valence-electron chi connectivity index (χ2n) is 8.68. The molecule has 1 unspecified atom stereocenters. The highest BCUT2D eigenvalue weighted by atomic mass is 32.2. The van der Waals surface area contributed by atoms with E-state index in [9.17, 15) is 13.2 Å². The highest BCUT2D eigenvalue weighted by molar-refractivity contribution is 7.89. The molecule has 0 spiro atoms. The summed E-state index contributed by atoms with van der Waals surface area (Å²) in [5, 5.41) is 9.01. The van der Waals surface area contributed by atoms with E-state index in [-0.39, 0.29) is 10.9 Å². The number of nitrogens with zero attached hydrogens (tertiary/aromatic N) is 1. The molecular formula is C27H29NO5S. The summed E-state index contributed by atoms with van der Waals surface area (Å²) in [5.74, 6) is -0.533. The van der Waals surface area contributed by atoms with Gasteiger partial charge in [0.15, 0.2) is 6.61 Å². The van der Waals surface area contributed by atoms with Gasteiger partial charge in [-0.15, -0.1) is 0 Å². The standard InChI is InChI=1S/C27H29NO5S/c1-19-13-15-20(16-14-19)21-7-5-8-22(17-21)34(31,32)28(2)25-11-4-3-9-24-23(25)10-6-12-26(24)33-18-27(29)30/h5-8,10,12-17,25H,3-4,9,11,18H2,1-2H3,(H,29,30). The molecule has 0 aliphatic heterocycles. The van der Waals surface area contributed by atoms with Crippen molar-refractivity contribution < 1.29 is 23.1 Å². The molecule has 0 fully saturated rings. The van der Waals surface area contributed by atoms with E-state index in [1.54, 1.807) is 37.4 Å². The Morgan fingerprint density at radius 2 is 1.76 bits per heavy atom. The highest BCUT2D eigenvalue weighted by Gasteiger charge is 2.32. The zero-order chi connectivity index (χ0) is 24.3. The predicted octanol–water partition coefficient (Wildman–Crippen LogP) is 5.21. The van der Waals surface area contributed by atoms with Gasteiger partial charge in [0.25, 0.3) is 0 Å². The van der Waals surface area contributed by atoms with Crippen molar-refractivity contribution in [1.82, 2.24) is 4.31 Å². The van der Waals surface area contributed by atoms with Crippen molar-refractivity contribution in [3.8, 4) is 16.9 Å². The number of sulfonamides is 1. The van der Waals surface area contributed by atoms with Gasteiger partial charge in [-0.2, -0.15) is 4.31 Å². The molecule has 3 aromatic rings. The van der Waals surface area contributed by atoms with Gasteiger partial charge in [0, 0.05) is 7.05 Å². The number of hydrogen-bond acceptors (Lipinski definition) is 4. The van der Waals surface area contributed by atoms with Crippen LogP contribution in [0.25, 0.3) is 11.1 Å². The van der Waals surface area contributed by atoms with Gasteiger partial charge in [0.2, 0.25) is 10.0 Å². The average Bonchev–Trinajstić information content (AvgIpc) is 3.05. The second-order valence-corrected chi connectivity index (χ2v) is 10.7. The Bertz CT molecular complexity index is 1280. The van der Waals surface area contributed by atoms with E-state index in [4.69, 9.17) is 9.84 Å². The largest absolute Gasteiger partial charge is 0.482 e. The molecule has 1 aliphatic carbocycles. The molecule has 0 heterocycles. The smallest absolute Gasteiger partial charge is 0.341 e. The van der Waals surface area contributed by atoms with E-state index in [2.05, 4.69) is 0 Å². The van der Waals surface area contributed by atoms with E-state index in [0.717, 1.165) is 47.1 Å². The SMILES string of the molecule is Cc1ccc(-c2cccc(S(=O)(=O)N(C)C3CCCCc4c(OCC(=O)O)cccc43)c2)cc1. The molecular weight excluding hydrogens is 450 g/mol. The molecule has 3 aromatic carbocycles. The van der Waals surface area contributed by atoms with Crippen LogP contribution in [0, 0.1) is 6.92 Å². The van der Waals surface area contributed by atoms with Crippen LogP contribution in [0.1, 0.15) is 42.0 Å². The Hall–Kier alpha value is -3.16. The van der Waals surface area contributed by atoms with Gasteiger partial charge >= 0.3 is 5.97 Å². The van der Waals surface area contributed by atoms with Gasteiger partial charge < -0.3 is 9.84 Å². The van der Waals surface area contributed by atoms with Crippen LogP contribution in [0.4, 0.5) is 0 Å². The van der Waals surface area contributed by atoms with Crippen LogP contribution in [0.15, 0.2) is 71.6 Å². The maximum absolute atomic E-state index is 13.7. The minimum absolute atomic E-state index is 0.247. The third-order valence-electron chi connectivity index (χ3n) is 6.37. The van der Waals surface area contributed by atoms with Crippen molar-refractivity contribution in [1.29, 1.82) is 0 Å². The van der Waals surface area contributed by atoms with Crippen LogP contribution in [0.5, 0.6) is 5.75 Å². The molecule has 0 amide bonds. The van der Waals surface area contributed by atoms with E-state index in [1.165, 1.54) is 4.31 Å². The number of benzene rings is 3. The van der Waals surface area contributed by atoms with Crippen molar-refractivity contribution in [3.63, 3.8) is 0 Å². The fourth-order valence-corrected chi connectivity index (χ4v) is 5.94. The predicted molar refractivity (Wildman–Crippen MR) is 131 cm³/mol. The molecule has 4 rings (SSSR count). The lowest BCUT2D eigenvalue weighted by atomic mass is 9.98. The van der Waals surface area contributed by atoms with E-state index < -0.39 is 22.6 Å². The highest BCUT2D eigenvalue weighted by Crippen LogP contribution is 2.39. The first kappa shape index (κ1) is 24.0. The van der Waals surface area contributed by atoms with Crippen LogP contribution in [0.3, 0.4) is 0 Å². The minimum atomic E-state index is -3.78. The van der Waals surface area contributed by atoms with Gasteiger partial charge in [-0.05, 0) is 66.6 Å². The summed E-state index contributed by atoms with van der Waals surface area (Å²) in [4.78, 5) is 11.3. The fourth-order valence-electron chi connectivity index (χ4n) is 4.53. The molecule has 6 nitrogen and oxygen atoms in total. The van der Waals surface area contributed by atoms with E-state index in [1.807, 2.05) is 43.3 Å². The second kappa shape index (κ2) is 9.99. The number of hydrogen-bond donors (Lipinski definition) is 1. The number of aliphatic carboxylic acids is 1. The quantitative estimate of drug-likeness (QED) is 0.470. The zero-order valence-corrected chi connectivity index (χ0v) is 20.2. The molecule has 0 saturated carbocycles. The van der Waals surface area contributed by atoms with E-state index in [0.29, 0.717) is 12.2 Å². The van der Waals surface area contributed by atoms with Gasteiger partial charge in [0.1, 0.15) is 5.75 Å². The fraction of sp³-hybridized carbons (Fsp3) is 0.296. The van der Waals surface area contributed by atoms with Crippen molar-refractivity contribution in [2.45, 2.75) is 43.5 Å². The number of carbonyl (C=O) groups is 1. The van der Waals surface area contributed by atoms with Crippen molar-refractivity contribution in [2.24, 2.45) is 0 Å². The molecule has 34 heavy (non-hydrogen) atoms. The Morgan fingerprint density at radius 1 is 1.03 bits per heavy atom. The summed E-state index contributed by atoms with van der Waals surface area (Å²) in [7, 11) is -2.15. The maximum atomic E-state index is 13.7. The Morgan fingerprint density at radius 3 is 2.50 bits per heavy atom. The number of fused-ring (bicyclic) bond motifs is 1. The van der Waals surface area contributed by atoms with Crippen molar-refractivity contribution >= 4 is 16.0 Å². The first-order chi connectivity index (χ1) is 16.3. The van der Waals surface area contributed by atoms with Gasteiger partial charge in [-0.3, -0.25) is 0 Å². The summed E-state index contributed by atoms with van der Waals surface area (Å²) in [5.41, 5.74) is 4.72. The third kappa shape index (κ3) is 5.00.